The monoisotopic (exact) mass is 200 g/mol. The van der Waals surface area contributed by atoms with E-state index in [1.165, 1.54) is 0 Å². The maximum Gasteiger partial charge on any atom is 0.158 e. The Labute approximate surface area is 85.4 Å². The fourth-order valence-electron chi connectivity index (χ4n) is 3.51. The van der Waals surface area contributed by atoms with Crippen LogP contribution in [-0.2, 0) is 9.47 Å². The molecule has 4 unspecified atom stereocenters. The van der Waals surface area contributed by atoms with Crippen LogP contribution < -0.4 is 0 Å². The van der Waals surface area contributed by atoms with Crippen LogP contribution in [0.4, 0.5) is 0 Å². The van der Waals surface area contributed by atoms with Gasteiger partial charge in [-0.2, -0.15) is 0 Å². The van der Waals surface area contributed by atoms with E-state index in [2.05, 4.69) is 6.92 Å². The van der Waals surface area contributed by atoms with E-state index in [4.69, 9.17) is 9.47 Å². The lowest BCUT2D eigenvalue weighted by molar-refractivity contribution is -0.320. The zero-order valence-electron chi connectivity index (χ0n) is 9.41. The lowest BCUT2D eigenvalue weighted by Crippen LogP contribution is -2.65. The number of hydrogen-bond donors (Lipinski definition) is 1. The Morgan fingerprint density at radius 3 is 2.36 bits per heavy atom. The molecule has 0 aromatic heterocycles. The second kappa shape index (κ2) is 2.94. The van der Waals surface area contributed by atoms with Gasteiger partial charge < -0.3 is 14.6 Å². The number of methoxy groups -OCH3 is 1. The summed E-state index contributed by atoms with van der Waals surface area (Å²) in [7, 11) is 1.68. The van der Waals surface area contributed by atoms with Gasteiger partial charge in [0.05, 0.1) is 11.7 Å². The van der Waals surface area contributed by atoms with Gasteiger partial charge in [-0.1, -0.05) is 6.92 Å². The van der Waals surface area contributed by atoms with E-state index in [0.717, 1.165) is 12.8 Å². The molecule has 82 valence electrons. The molecule has 0 amide bonds. The molecule has 1 N–H and O–H groups in total. The molecular formula is C11H20O3. The van der Waals surface area contributed by atoms with E-state index in [0.29, 0.717) is 0 Å². The van der Waals surface area contributed by atoms with E-state index < -0.39 is 0 Å². The van der Waals surface area contributed by atoms with E-state index in [9.17, 15) is 5.11 Å². The summed E-state index contributed by atoms with van der Waals surface area (Å²) >= 11 is 0. The maximum absolute atomic E-state index is 9.78. The first-order valence-electron chi connectivity index (χ1n) is 5.28. The molecule has 1 heterocycles. The van der Waals surface area contributed by atoms with Crippen LogP contribution in [0.25, 0.3) is 0 Å². The van der Waals surface area contributed by atoms with Gasteiger partial charge in [-0.3, -0.25) is 0 Å². The van der Waals surface area contributed by atoms with E-state index in [1.807, 2.05) is 13.8 Å². The molecule has 3 heteroatoms. The molecule has 1 saturated carbocycles. The van der Waals surface area contributed by atoms with Gasteiger partial charge in [-0.25, -0.2) is 0 Å². The first kappa shape index (κ1) is 10.4. The van der Waals surface area contributed by atoms with Crippen molar-refractivity contribution in [2.45, 2.75) is 51.6 Å². The number of aliphatic hydroxyl groups is 1. The Bertz CT molecular complexity index is 225. The minimum atomic E-state index is -0.272. The van der Waals surface area contributed by atoms with Crippen LogP contribution in [0.15, 0.2) is 0 Å². The second-order valence-corrected chi connectivity index (χ2v) is 5.49. The van der Waals surface area contributed by atoms with Gasteiger partial charge in [0.2, 0.25) is 0 Å². The first-order valence-corrected chi connectivity index (χ1v) is 5.28. The minimum Gasteiger partial charge on any atom is -0.393 e. The fourth-order valence-corrected chi connectivity index (χ4v) is 3.51. The molecular weight excluding hydrogens is 180 g/mol. The van der Waals surface area contributed by atoms with Gasteiger partial charge in [0.15, 0.2) is 6.29 Å². The smallest absolute Gasteiger partial charge is 0.158 e. The molecule has 0 aromatic carbocycles. The Morgan fingerprint density at radius 1 is 1.29 bits per heavy atom. The highest BCUT2D eigenvalue weighted by molar-refractivity contribution is 5.08. The number of ether oxygens (including phenoxy) is 2. The summed E-state index contributed by atoms with van der Waals surface area (Å²) in [5, 5.41) is 9.78. The predicted octanol–water partition coefficient (Wildman–Crippen LogP) is 1.54. The lowest BCUT2D eigenvalue weighted by atomic mass is 9.51. The van der Waals surface area contributed by atoms with Crippen molar-refractivity contribution >= 4 is 0 Å². The van der Waals surface area contributed by atoms with Crippen molar-refractivity contribution in [3.8, 4) is 0 Å². The lowest BCUT2D eigenvalue weighted by Gasteiger charge is -2.62. The summed E-state index contributed by atoms with van der Waals surface area (Å²) in [6, 6.07) is 0. The summed E-state index contributed by atoms with van der Waals surface area (Å²) in [6.07, 6.45) is 1.46. The molecule has 1 saturated heterocycles. The first-order chi connectivity index (χ1) is 6.39. The van der Waals surface area contributed by atoms with Crippen molar-refractivity contribution in [2.75, 3.05) is 7.11 Å². The van der Waals surface area contributed by atoms with E-state index in [-0.39, 0.29) is 29.3 Å². The summed E-state index contributed by atoms with van der Waals surface area (Å²) in [4.78, 5) is 0. The van der Waals surface area contributed by atoms with Crippen molar-refractivity contribution in [1.29, 1.82) is 0 Å². The van der Waals surface area contributed by atoms with Crippen molar-refractivity contribution in [3.05, 3.63) is 0 Å². The van der Waals surface area contributed by atoms with Crippen molar-refractivity contribution in [2.24, 2.45) is 11.3 Å². The van der Waals surface area contributed by atoms with Crippen LogP contribution in [0, 0.1) is 11.3 Å². The highest BCUT2D eigenvalue weighted by atomic mass is 16.7. The molecule has 2 aliphatic rings. The molecule has 0 spiro atoms. The fraction of sp³-hybridized carbons (Fsp3) is 1.00. The van der Waals surface area contributed by atoms with E-state index in [1.54, 1.807) is 7.11 Å². The number of aliphatic hydroxyl groups excluding tert-OH is 1. The standard InChI is InChI=1S/C11H20O3/c1-10(2)9-7(12)5-11(9,3)6-8(13-4)14-10/h7-9,12H,5-6H2,1-4H3. The SMILES string of the molecule is COC1CC2(C)CC(O)C2C(C)(C)O1. The Morgan fingerprint density at radius 2 is 1.93 bits per heavy atom. The summed E-state index contributed by atoms with van der Waals surface area (Å²) in [6.45, 7) is 6.31. The van der Waals surface area contributed by atoms with Crippen LogP contribution in [0.1, 0.15) is 33.6 Å². The third-order valence-corrected chi connectivity index (χ3v) is 3.89. The molecule has 3 nitrogen and oxygen atoms in total. The normalized spacial score (nSPS) is 50.8. The molecule has 0 radical (unpaired) electrons. The number of fused-ring (bicyclic) bond motifs is 1. The average Bonchev–Trinajstić information content (AvgIpc) is 1.98. The Hall–Kier alpha value is -0.120. The van der Waals surface area contributed by atoms with Gasteiger partial charge >= 0.3 is 0 Å². The molecule has 0 bridgehead atoms. The van der Waals surface area contributed by atoms with Crippen LogP contribution >= 0.6 is 0 Å². The topological polar surface area (TPSA) is 38.7 Å². The van der Waals surface area contributed by atoms with Crippen LogP contribution in [0.3, 0.4) is 0 Å². The van der Waals surface area contributed by atoms with Crippen molar-refractivity contribution in [3.63, 3.8) is 0 Å². The highest BCUT2D eigenvalue weighted by Crippen LogP contribution is 2.58. The van der Waals surface area contributed by atoms with Gasteiger partial charge in [0, 0.05) is 19.4 Å². The van der Waals surface area contributed by atoms with E-state index >= 15 is 0 Å². The third-order valence-electron chi connectivity index (χ3n) is 3.89. The molecule has 1 aliphatic carbocycles. The van der Waals surface area contributed by atoms with Crippen LogP contribution in [-0.4, -0.2) is 30.2 Å². The zero-order valence-corrected chi connectivity index (χ0v) is 9.41. The zero-order chi connectivity index (χ0) is 10.6. The van der Waals surface area contributed by atoms with Crippen molar-refractivity contribution < 1.29 is 14.6 Å². The van der Waals surface area contributed by atoms with Gasteiger partial charge in [0.25, 0.3) is 0 Å². The average molecular weight is 200 g/mol. The van der Waals surface area contributed by atoms with Crippen LogP contribution in [0.5, 0.6) is 0 Å². The summed E-state index contributed by atoms with van der Waals surface area (Å²) < 4.78 is 11.1. The minimum absolute atomic E-state index is 0.112. The highest BCUT2D eigenvalue weighted by Gasteiger charge is 2.61. The maximum atomic E-state index is 9.78. The van der Waals surface area contributed by atoms with Crippen LogP contribution in [0.2, 0.25) is 0 Å². The molecule has 4 atom stereocenters. The quantitative estimate of drug-likeness (QED) is 0.698. The van der Waals surface area contributed by atoms with Gasteiger partial charge in [0.1, 0.15) is 0 Å². The Balaban J connectivity index is 2.20. The second-order valence-electron chi connectivity index (χ2n) is 5.49. The molecule has 1 aliphatic heterocycles. The largest absolute Gasteiger partial charge is 0.393 e. The molecule has 14 heavy (non-hydrogen) atoms. The summed E-state index contributed by atoms with van der Waals surface area (Å²) in [5.41, 5.74) is -0.0762. The molecule has 2 rings (SSSR count). The third kappa shape index (κ3) is 1.30. The number of rotatable bonds is 1. The number of hydrogen-bond acceptors (Lipinski definition) is 3. The molecule has 0 aromatic rings. The predicted molar refractivity (Wildman–Crippen MR) is 52.8 cm³/mol. The molecule has 2 fully saturated rings. The van der Waals surface area contributed by atoms with Gasteiger partial charge in [-0.15, -0.1) is 0 Å². The van der Waals surface area contributed by atoms with Gasteiger partial charge in [-0.05, 0) is 25.7 Å². The Kier molecular flexibility index (Phi) is 2.18. The summed E-state index contributed by atoms with van der Waals surface area (Å²) in [5.74, 6) is 0.251. The van der Waals surface area contributed by atoms with Crippen molar-refractivity contribution in [1.82, 2.24) is 0 Å².